The summed E-state index contributed by atoms with van der Waals surface area (Å²) in [5.74, 6) is -0.390. The van der Waals surface area contributed by atoms with Crippen LogP contribution in [-0.2, 0) is 19.0 Å². The zero-order valence-corrected chi connectivity index (χ0v) is 8.66. The molecule has 0 spiro atoms. The fourth-order valence-corrected chi connectivity index (χ4v) is 0.757. The lowest BCUT2D eigenvalue weighted by molar-refractivity contribution is -0.138. The molecular formula is C10H18O4. The number of carbonyl (C=O) groups excluding carboxylic acids is 1. The second kappa shape index (κ2) is 10.2. The molecule has 0 aromatic rings. The van der Waals surface area contributed by atoms with E-state index in [-0.39, 0.29) is 5.97 Å². The quantitative estimate of drug-likeness (QED) is 0.320. The molecular weight excluding hydrogens is 184 g/mol. The van der Waals surface area contributed by atoms with Crippen molar-refractivity contribution < 1.29 is 19.0 Å². The van der Waals surface area contributed by atoms with Crippen LogP contribution in [0.2, 0.25) is 0 Å². The van der Waals surface area contributed by atoms with Crippen molar-refractivity contribution in [3.8, 4) is 0 Å². The highest BCUT2D eigenvalue weighted by molar-refractivity contribution is 5.81. The zero-order valence-electron chi connectivity index (χ0n) is 8.66. The highest BCUT2D eigenvalue weighted by Crippen LogP contribution is 1.87. The van der Waals surface area contributed by atoms with Gasteiger partial charge in [0.1, 0.15) is 0 Å². The zero-order chi connectivity index (χ0) is 10.6. The van der Waals surface area contributed by atoms with Crippen LogP contribution in [0, 0.1) is 0 Å². The lowest BCUT2D eigenvalue weighted by atomic mass is 10.5. The number of hydrogen-bond acceptors (Lipinski definition) is 4. The van der Waals surface area contributed by atoms with Crippen molar-refractivity contribution >= 4 is 5.97 Å². The van der Waals surface area contributed by atoms with Gasteiger partial charge in [-0.1, -0.05) is 6.58 Å². The van der Waals surface area contributed by atoms with E-state index in [1.54, 1.807) is 0 Å². The van der Waals surface area contributed by atoms with Crippen LogP contribution in [0.3, 0.4) is 0 Å². The topological polar surface area (TPSA) is 44.8 Å². The van der Waals surface area contributed by atoms with E-state index in [1.807, 2.05) is 6.92 Å². The first kappa shape index (κ1) is 13.1. The van der Waals surface area contributed by atoms with E-state index in [2.05, 4.69) is 6.58 Å². The molecule has 0 aliphatic heterocycles. The Morgan fingerprint density at radius 1 is 1.21 bits per heavy atom. The van der Waals surface area contributed by atoms with E-state index in [0.29, 0.717) is 39.5 Å². The van der Waals surface area contributed by atoms with Gasteiger partial charge in [-0.15, -0.1) is 0 Å². The van der Waals surface area contributed by atoms with E-state index >= 15 is 0 Å². The lowest BCUT2D eigenvalue weighted by Gasteiger charge is -2.04. The molecule has 0 saturated carbocycles. The van der Waals surface area contributed by atoms with Crippen molar-refractivity contribution in [1.29, 1.82) is 0 Å². The molecule has 0 aliphatic carbocycles. The second-order valence-electron chi connectivity index (χ2n) is 2.53. The SMILES string of the molecule is C=CC(=O)OCCCOCCOCC. The maximum Gasteiger partial charge on any atom is 0.330 e. The van der Waals surface area contributed by atoms with E-state index < -0.39 is 0 Å². The Morgan fingerprint density at radius 3 is 2.57 bits per heavy atom. The molecule has 14 heavy (non-hydrogen) atoms. The first-order valence-electron chi connectivity index (χ1n) is 4.76. The normalized spacial score (nSPS) is 9.79. The molecule has 0 aliphatic rings. The van der Waals surface area contributed by atoms with Crippen molar-refractivity contribution in [3.05, 3.63) is 12.7 Å². The minimum atomic E-state index is -0.390. The number of esters is 1. The third-order valence-electron chi connectivity index (χ3n) is 1.42. The first-order valence-corrected chi connectivity index (χ1v) is 4.76. The van der Waals surface area contributed by atoms with Crippen LogP contribution in [0.15, 0.2) is 12.7 Å². The summed E-state index contributed by atoms with van der Waals surface area (Å²) in [7, 11) is 0. The Labute approximate surface area is 84.8 Å². The summed E-state index contributed by atoms with van der Waals surface area (Å²) in [4.78, 5) is 10.6. The van der Waals surface area contributed by atoms with Crippen LogP contribution in [0.25, 0.3) is 0 Å². The minimum absolute atomic E-state index is 0.374. The summed E-state index contributed by atoms with van der Waals surface area (Å²) >= 11 is 0. The van der Waals surface area contributed by atoms with Crippen molar-refractivity contribution in [3.63, 3.8) is 0 Å². The average molecular weight is 202 g/mol. The highest BCUT2D eigenvalue weighted by Gasteiger charge is 1.94. The Bertz CT molecular complexity index is 156. The molecule has 0 aromatic carbocycles. The van der Waals surface area contributed by atoms with Crippen molar-refractivity contribution in [2.45, 2.75) is 13.3 Å². The van der Waals surface area contributed by atoms with Crippen LogP contribution in [0.1, 0.15) is 13.3 Å². The number of carbonyl (C=O) groups is 1. The highest BCUT2D eigenvalue weighted by atomic mass is 16.5. The molecule has 0 aromatic heterocycles. The predicted octanol–water partition coefficient (Wildman–Crippen LogP) is 1.16. The molecule has 82 valence electrons. The molecule has 0 bridgehead atoms. The Hall–Kier alpha value is -0.870. The molecule has 0 radical (unpaired) electrons. The van der Waals surface area contributed by atoms with Gasteiger partial charge in [0, 0.05) is 25.7 Å². The summed E-state index contributed by atoms with van der Waals surface area (Å²) in [6.07, 6.45) is 1.85. The fraction of sp³-hybridized carbons (Fsp3) is 0.700. The van der Waals surface area contributed by atoms with Gasteiger partial charge in [-0.25, -0.2) is 4.79 Å². The maximum atomic E-state index is 10.6. The minimum Gasteiger partial charge on any atom is -0.462 e. The largest absolute Gasteiger partial charge is 0.462 e. The van der Waals surface area contributed by atoms with Crippen LogP contribution >= 0.6 is 0 Å². The van der Waals surface area contributed by atoms with Gasteiger partial charge in [-0.3, -0.25) is 0 Å². The standard InChI is InChI=1S/C10H18O4/c1-3-10(11)14-7-5-6-13-9-8-12-4-2/h3H,1,4-9H2,2H3. The lowest BCUT2D eigenvalue weighted by Crippen LogP contribution is -2.08. The second-order valence-corrected chi connectivity index (χ2v) is 2.53. The summed E-state index contributed by atoms with van der Waals surface area (Å²) < 4.78 is 15.0. The van der Waals surface area contributed by atoms with Gasteiger partial charge in [-0.05, 0) is 6.92 Å². The van der Waals surface area contributed by atoms with Gasteiger partial charge in [0.05, 0.1) is 19.8 Å². The Morgan fingerprint density at radius 2 is 1.93 bits per heavy atom. The molecule has 4 nitrogen and oxygen atoms in total. The Kier molecular flexibility index (Phi) is 9.58. The van der Waals surface area contributed by atoms with Crippen LogP contribution < -0.4 is 0 Å². The predicted molar refractivity (Wildman–Crippen MR) is 53.1 cm³/mol. The van der Waals surface area contributed by atoms with Crippen LogP contribution in [-0.4, -0.2) is 39.0 Å². The molecule has 0 rings (SSSR count). The van der Waals surface area contributed by atoms with E-state index in [0.717, 1.165) is 6.08 Å². The molecule has 0 atom stereocenters. The van der Waals surface area contributed by atoms with Crippen molar-refractivity contribution in [1.82, 2.24) is 0 Å². The van der Waals surface area contributed by atoms with Gasteiger partial charge in [0.2, 0.25) is 0 Å². The maximum absolute atomic E-state index is 10.6. The van der Waals surface area contributed by atoms with Crippen LogP contribution in [0.5, 0.6) is 0 Å². The average Bonchev–Trinajstić information content (AvgIpc) is 2.21. The van der Waals surface area contributed by atoms with Gasteiger partial charge >= 0.3 is 5.97 Å². The van der Waals surface area contributed by atoms with Crippen LogP contribution in [0.4, 0.5) is 0 Å². The molecule has 0 fully saturated rings. The molecule has 0 saturated heterocycles. The molecule has 0 unspecified atom stereocenters. The number of rotatable bonds is 9. The number of ether oxygens (including phenoxy) is 3. The monoisotopic (exact) mass is 202 g/mol. The summed E-state index contributed by atoms with van der Waals surface area (Å²) in [6, 6.07) is 0. The molecule has 0 amide bonds. The summed E-state index contributed by atoms with van der Waals surface area (Å²) in [5, 5.41) is 0. The molecule has 0 heterocycles. The first-order chi connectivity index (χ1) is 6.81. The van der Waals surface area contributed by atoms with E-state index in [9.17, 15) is 4.79 Å². The third kappa shape index (κ3) is 9.22. The van der Waals surface area contributed by atoms with Gasteiger partial charge in [-0.2, -0.15) is 0 Å². The molecule has 0 N–H and O–H groups in total. The van der Waals surface area contributed by atoms with Crippen molar-refractivity contribution in [2.75, 3.05) is 33.0 Å². The molecule has 4 heteroatoms. The smallest absolute Gasteiger partial charge is 0.330 e. The summed E-state index contributed by atoms with van der Waals surface area (Å²) in [5.41, 5.74) is 0. The summed E-state index contributed by atoms with van der Waals surface area (Å²) in [6.45, 7) is 8.09. The Balaban J connectivity index is 2.99. The number of hydrogen-bond donors (Lipinski definition) is 0. The van der Waals surface area contributed by atoms with Gasteiger partial charge in [0.25, 0.3) is 0 Å². The van der Waals surface area contributed by atoms with Gasteiger partial charge in [0.15, 0.2) is 0 Å². The van der Waals surface area contributed by atoms with Crippen molar-refractivity contribution in [2.24, 2.45) is 0 Å². The van der Waals surface area contributed by atoms with Gasteiger partial charge < -0.3 is 14.2 Å². The van der Waals surface area contributed by atoms with E-state index in [4.69, 9.17) is 14.2 Å². The fourth-order valence-electron chi connectivity index (χ4n) is 0.757. The van der Waals surface area contributed by atoms with E-state index in [1.165, 1.54) is 0 Å². The third-order valence-corrected chi connectivity index (χ3v) is 1.42.